The Hall–Kier alpha value is -1.79. The van der Waals surface area contributed by atoms with E-state index >= 15 is 0 Å². The molecule has 0 aliphatic carbocycles. The molecule has 0 spiro atoms. The van der Waals surface area contributed by atoms with Crippen LogP contribution < -0.4 is 11.1 Å². The van der Waals surface area contributed by atoms with E-state index in [1.807, 2.05) is 12.2 Å². The zero-order valence-corrected chi connectivity index (χ0v) is 8.97. The number of carbonyl (C=O) groups excluding carboxylic acids is 1. The van der Waals surface area contributed by atoms with E-state index in [4.69, 9.17) is 15.9 Å². The number of carbonyl (C=O) groups is 3. The minimum Gasteiger partial charge on any atom is -0.481 e. The summed E-state index contributed by atoms with van der Waals surface area (Å²) in [5, 5.41) is 19.6. The summed E-state index contributed by atoms with van der Waals surface area (Å²) >= 11 is 0. The number of urea groups is 1. The van der Waals surface area contributed by atoms with Crippen molar-refractivity contribution in [2.75, 3.05) is 0 Å². The van der Waals surface area contributed by atoms with Crippen LogP contribution in [-0.2, 0) is 9.59 Å². The predicted octanol–water partition coefficient (Wildman–Crippen LogP) is -0.00110. The Morgan fingerprint density at radius 3 is 2.12 bits per heavy atom. The zero-order valence-electron chi connectivity index (χ0n) is 8.97. The molecule has 0 aromatic heterocycles. The first-order valence-electron chi connectivity index (χ1n) is 4.91. The molecule has 0 saturated carbocycles. The smallest absolute Gasteiger partial charge is 0.327 e. The summed E-state index contributed by atoms with van der Waals surface area (Å²) in [4.78, 5) is 32.3. The topological polar surface area (TPSA) is 130 Å². The van der Waals surface area contributed by atoms with Crippen LogP contribution in [0.2, 0.25) is 0 Å². The molecule has 2 amide bonds. The van der Waals surface area contributed by atoms with Crippen molar-refractivity contribution in [1.82, 2.24) is 5.32 Å². The van der Waals surface area contributed by atoms with Crippen LogP contribution in [-0.4, -0.2) is 34.2 Å². The van der Waals surface area contributed by atoms with Crippen LogP contribution in [0.25, 0.3) is 0 Å². The molecule has 0 bridgehead atoms. The SMILES string of the molecule is CCCC[C@@H](C(=O)O)[C@H](NC(N)=O)C(=O)O. The number of carboxylic acid groups (broad SMARTS) is 2. The van der Waals surface area contributed by atoms with Crippen molar-refractivity contribution in [3.05, 3.63) is 0 Å². The fourth-order valence-corrected chi connectivity index (χ4v) is 1.34. The Kier molecular flexibility index (Phi) is 5.91. The summed E-state index contributed by atoms with van der Waals surface area (Å²) in [6, 6.07) is -2.53. The van der Waals surface area contributed by atoms with Gasteiger partial charge in [-0.2, -0.15) is 0 Å². The second kappa shape index (κ2) is 6.65. The molecule has 0 heterocycles. The first-order chi connectivity index (χ1) is 7.40. The highest BCUT2D eigenvalue weighted by molar-refractivity contribution is 5.86. The fraction of sp³-hybridized carbons (Fsp3) is 0.667. The van der Waals surface area contributed by atoms with E-state index in [0.29, 0.717) is 6.42 Å². The van der Waals surface area contributed by atoms with Crippen LogP contribution in [0.5, 0.6) is 0 Å². The Bertz CT molecular complexity index is 279. The molecule has 0 aromatic carbocycles. The monoisotopic (exact) mass is 232 g/mol. The van der Waals surface area contributed by atoms with Crippen molar-refractivity contribution < 1.29 is 24.6 Å². The Morgan fingerprint density at radius 2 is 1.81 bits per heavy atom. The van der Waals surface area contributed by atoms with Gasteiger partial charge in [-0.1, -0.05) is 19.8 Å². The maximum absolute atomic E-state index is 10.9. The summed E-state index contributed by atoms with van der Waals surface area (Å²) in [5.74, 6) is -3.82. The highest BCUT2D eigenvalue weighted by Gasteiger charge is 2.33. The molecule has 0 saturated heterocycles. The van der Waals surface area contributed by atoms with Crippen molar-refractivity contribution in [3.63, 3.8) is 0 Å². The number of unbranched alkanes of at least 4 members (excludes halogenated alkanes) is 1. The Morgan fingerprint density at radius 1 is 1.25 bits per heavy atom. The minimum atomic E-state index is -1.48. The average molecular weight is 232 g/mol. The molecule has 0 rings (SSSR count). The first kappa shape index (κ1) is 14.2. The number of nitrogens with two attached hydrogens (primary N) is 1. The fourth-order valence-electron chi connectivity index (χ4n) is 1.34. The third-order valence-electron chi connectivity index (χ3n) is 2.15. The number of primary amides is 1. The van der Waals surface area contributed by atoms with Crippen LogP contribution in [0, 0.1) is 5.92 Å². The number of rotatable bonds is 7. The highest BCUT2D eigenvalue weighted by atomic mass is 16.4. The summed E-state index contributed by atoms with van der Waals surface area (Å²) < 4.78 is 0. The van der Waals surface area contributed by atoms with E-state index in [2.05, 4.69) is 0 Å². The molecule has 0 aliphatic rings. The van der Waals surface area contributed by atoms with Gasteiger partial charge in [-0.05, 0) is 6.42 Å². The molecule has 92 valence electrons. The number of carboxylic acids is 2. The van der Waals surface area contributed by atoms with E-state index in [9.17, 15) is 14.4 Å². The molecule has 0 aromatic rings. The van der Waals surface area contributed by atoms with Crippen molar-refractivity contribution in [3.8, 4) is 0 Å². The van der Waals surface area contributed by atoms with Crippen molar-refractivity contribution >= 4 is 18.0 Å². The molecule has 7 heteroatoms. The molecule has 0 unspecified atom stereocenters. The van der Waals surface area contributed by atoms with Crippen LogP contribution in [0.1, 0.15) is 26.2 Å². The lowest BCUT2D eigenvalue weighted by Gasteiger charge is -2.20. The molecule has 16 heavy (non-hydrogen) atoms. The second-order valence-electron chi connectivity index (χ2n) is 3.41. The molecule has 5 N–H and O–H groups in total. The van der Waals surface area contributed by atoms with Gasteiger partial charge in [-0.3, -0.25) is 4.79 Å². The van der Waals surface area contributed by atoms with Gasteiger partial charge >= 0.3 is 18.0 Å². The molecular formula is C9H16N2O5. The predicted molar refractivity (Wildman–Crippen MR) is 54.8 cm³/mol. The van der Waals surface area contributed by atoms with Gasteiger partial charge in [0.25, 0.3) is 0 Å². The van der Waals surface area contributed by atoms with Crippen LogP contribution in [0.15, 0.2) is 0 Å². The van der Waals surface area contributed by atoms with Gasteiger partial charge in [0.1, 0.15) is 6.04 Å². The number of aliphatic carboxylic acids is 2. The maximum Gasteiger partial charge on any atom is 0.327 e. The van der Waals surface area contributed by atoms with E-state index in [0.717, 1.165) is 6.42 Å². The van der Waals surface area contributed by atoms with Crippen molar-refractivity contribution in [1.29, 1.82) is 0 Å². The minimum absolute atomic E-state index is 0.184. The molecule has 7 nitrogen and oxygen atoms in total. The van der Waals surface area contributed by atoms with Crippen molar-refractivity contribution in [2.24, 2.45) is 11.7 Å². The second-order valence-corrected chi connectivity index (χ2v) is 3.41. The highest BCUT2D eigenvalue weighted by Crippen LogP contribution is 2.14. The number of amides is 2. The van der Waals surface area contributed by atoms with E-state index in [1.54, 1.807) is 0 Å². The van der Waals surface area contributed by atoms with Gasteiger partial charge in [0.2, 0.25) is 0 Å². The standard InChI is InChI=1S/C9H16N2O5/c1-2-3-4-5(7(12)13)6(8(14)15)11-9(10)16/h5-6H,2-4H2,1H3,(H,12,13)(H,14,15)(H3,10,11,16)/t5-,6+/m1/s1. The lowest BCUT2D eigenvalue weighted by Crippen LogP contribution is -2.50. The largest absolute Gasteiger partial charge is 0.481 e. The van der Waals surface area contributed by atoms with Crippen LogP contribution in [0.4, 0.5) is 4.79 Å². The van der Waals surface area contributed by atoms with Crippen molar-refractivity contribution in [2.45, 2.75) is 32.2 Å². The van der Waals surface area contributed by atoms with Gasteiger partial charge in [0.15, 0.2) is 0 Å². The third-order valence-corrected chi connectivity index (χ3v) is 2.15. The summed E-state index contributed by atoms with van der Waals surface area (Å²) in [6.07, 6.45) is 1.50. The van der Waals surface area contributed by atoms with E-state index in [-0.39, 0.29) is 6.42 Å². The quantitative estimate of drug-likeness (QED) is 0.490. The number of hydrogen-bond acceptors (Lipinski definition) is 3. The molecule has 0 radical (unpaired) electrons. The average Bonchev–Trinajstić information content (AvgIpc) is 2.15. The summed E-state index contributed by atoms with van der Waals surface area (Å²) in [6.45, 7) is 1.86. The molecule has 0 fully saturated rings. The molecular weight excluding hydrogens is 216 g/mol. The summed E-state index contributed by atoms with van der Waals surface area (Å²) in [7, 11) is 0. The van der Waals surface area contributed by atoms with Crippen LogP contribution in [0.3, 0.4) is 0 Å². The maximum atomic E-state index is 10.9. The van der Waals surface area contributed by atoms with Gasteiger partial charge < -0.3 is 21.3 Å². The normalized spacial score (nSPS) is 13.8. The van der Waals surface area contributed by atoms with Gasteiger partial charge in [0.05, 0.1) is 5.92 Å². The zero-order chi connectivity index (χ0) is 12.7. The van der Waals surface area contributed by atoms with Crippen LogP contribution >= 0.6 is 0 Å². The lowest BCUT2D eigenvalue weighted by atomic mass is 9.94. The third kappa shape index (κ3) is 4.63. The number of nitrogens with one attached hydrogen (secondary N) is 1. The van der Waals surface area contributed by atoms with E-state index < -0.39 is 29.9 Å². The Labute approximate surface area is 92.6 Å². The van der Waals surface area contributed by atoms with Gasteiger partial charge in [0, 0.05) is 0 Å². The van der Waals surface area contributed by atoms with Gasteiger partial charge in [-0.15, -0.1) is 0 Å². The molecule has 0 aliphatic heterocycles. The van der Waals surface area contributed by atoms with Gasteiger partial charge in [-0.25, -0.2) is 9.59 Å². The lowest BCUT2D eigenvalue weighted by molar-refractivity contribution is -0.150. The Balaban J connectivity index is 4.72. The molecule has 2 atom stereocenters. The summed E-state index contributed by atoms with van der Waals surface area (Å²) in [5.41, 5.74) is 4.79. The van der Waals surface area contributed by atoms with E-state index in [1.165, 1.54) is 0 Å². The number of hydrogen-bond donors (Lipinski definition) is 4. The first-order valence-corrected chi connectivity index (χ1v) is 4.91.